The highest BCUT2D eigenvalue weighted by Gasteiger charge is 2.09. The quantitative estimate of drug-likeness (QED) is 0.560. The number of ketones is 1. The van der Waals surface area contributed by atoms with E-state index in [0.29, 0.717) is 5.56 Å². The van der Waals surface area contributed by atoms with Crippen LogP contribution < -0.4 is 4.74 Å². The van der Waals surface area contributed by atoms with Crippen LogP contribution in [-0.4, -0.2) is 11.9 Å². The maximum Gasteiger partial charge on any atom is 0.165 e. The maximum atomic E-state index is 13.4. The first-order chi connectivity index (χ1) is 7.04. The van der Waals surface area contributed by atoms with Crippen LogP contribution in [0.15, 0.2) is 18.2 Å². The Morgan fingerprint density at radius 1 is 1.60 bits per heavy atom. The lowest BCUT2D eigenvalue weighted by atomic mass is 10.1. The first-order valence-corrected chi connectivity index (χ1v) is 4.48. The third-order valence-electron chi connectivity index (χ3n) is 1.88. The highest BCUT2D eigenvalue weighted by Crippen LogP contribution is 2.19. The molecular formula is C12H11FO2. The molecule has 0 saturated heterocycles. The summed E-state index contributed by atoms with van der Waals surface area (Å²) in [5.74, 6) is 1.61. The number of hydrogen-bond acceptors (Lipinski definition) is 2. The Labute approximate surface area is 88.1 Å². The number of halogens is 1. The van der Waals surface area contributed by atoms with Gasteiger partial charge in [-0.1, -0.05) is 5.92 Å². The van der Waals surface area contributed by atoms with Gasteiger partial charge in [0.15, 0.2) is 23.5 Å². The zero-order chi connectivity index (χ0) is 11.4. The third kappa shape index (κ3) is 2.81. The molecule has 0 N–H and O–H groups in total. The van der Waals surface area contributed by atoms with Gasteiger partial charge in [-0.3, -0.25) is 4.79 Å². The number of carbonyl (C=O) groups excluding carboxylic acids is 1. The summed E-state index contributed by atoms with van der Waals surface area (Å²) < 4.78 is 18.5. The number of terminal acetylenes is 1. The molecule has 0 bridgehead atoms. The van der Waals surface area contributed by atoms with Crippen molar-refractivity contribution in [1.29, 1.82) is 0 Å². The second-order valence-electron chi connectivity index (χ2n) is 3.13. The number of hydrogen-bond donors (Lipinski definition) is 0. The second-order valence-corrected chi connectivity index (χ2v) is 3.13. The van der Waals surface area contributed by atoms with Gasteiger partial charge in [-0.15, -0.1) is 6.42 Å². The number of Topliss-reactive ketones (excluding diaryl/α,β-unsaturated/α-hetero) is 1. The molecule has 0 aromatic heterocycles. The first kappa shape index (κ1) is 11.3. The largest absolute Gasteiger partial charge is 0.475 e. The van der Waals surface area contributed by atoms with Crippen LogP contribution in [0.3, 0.4) is 0 Å². The minimum Gasteiger partial charge on any atom is -0.475 e. The summed E-state index contributed by atoms with van der Waals surface area (Å²) in [5, 5.41) is 0. The number of rotatable bonds is 3. The average Bonchev–Trinajstić information content (AvgIpc) is 2.20. The van der Waals surface area contributed by atoms with E-state index < -0.39 is 11.9 Å². The minimum atomic E-state index is -0.579. The SMILES string of the molecule is C#CC(C)Oc1ccc(C(C)=O)cc1F. The Morgan fingerprint density at radius 2 is 2.27 bits per heavy atom. The van der Waals surface area contributed by atoms with Gasteiger partial charge in [-0.2, -0.15) is 0 Å². The van der Waals surface area contributed by atoms with Crippen LogP contribution in [0.2, 0.25) is 0 Å². The standard InChI is InChI=1S/C12H11FO2/c1-4-8(2)15-12-6-5-10(9(3)14)7-11(12)13/h1,5-8H,2-3H3. The summed E-state index contributed by atoms with van der Waals surface area (Å²) in [6.45, 7) is 3.01. The zero-order valence-electron chi connectivity index (χ0n) is 8.58. The van der Waals surface area contributed by atoms with E-state index in [4.69, 9.17) is 11.2 Å². The van der Waals surface area contributed by atoms with E-state index in [1.165, 1.54) is 19.1 Å². The van der Waals surface area contributed by atoms with E-state index in [1.807, 2.05) is 0 Å². The molecule has 78 valence electrons. The van der Waals surface area contributed by atoms with Crippen molar-refractivity contribution in [3.8, 4) is 18.1 Å². The van der Waals surface area contributed by atoms with Crippen molar-refractivity contribution in [3.63, 3.8) is 0 Å². The molecule has 0 aliphatic carbocycles. The van der Waals surface area contributed by atoms with Crippen LogP contribution in [0.25, 0.3) is 0 Å². The van der Waals surface area contributed by atoms with Crippen LogP contribution >= 0.6 is 0 Å². The second kappa shape index (κ2) is 4.61. The van der Waals surface area contributed by atoms with Gasteiger partial charge in [0.2, 0.25) is 0 Å². The Hall–Kier alpha value is -1.82. The molecule has 2 nitrogen and oxygen atoms in total. The maximum absolute atomic E-state index is 13.4. The Kier molecular flexibility index (Phi) is 3.46. The monoisotopic (exact) mass is 206 g/mol. The zero-order valence-corrected chi connectivity index (χ0v) is 8.58. The minimum absolute atomic E-state index is 0.0606. The lowest BCUT2D eigenvalue weighted by Gasteiger charge is -2.09. The third-order valence-corrected chi connectivity index (χ3v) is 1.88. The molecule has 0 radical (unpaired) electrons. The number of benzene rings is 1. The van der Waals surface area contributed by atoms with E-state index in [2.05, 4.69) is 5.92 Å². The summed E-state index contributed by atoms with van der Waals surface area (Å²) in [4.78, 5) is 10.9. The molecular weight excluding hydrogens is 195 g/mol. The van der Waals surface area contributed by atoms with Crippen LogP contribution in [0.1, 0.15) is 24.2 Å². The van der Waals surface area contributed by atoms with Gasteiger partial charge in [0.1, 0.15) is 0 Å². The Bertz CT molecular complexity index is 418. The first-order valence-electron chi connectivity index (χ1n) is 4.48. The fourth-order valence-electron chi connectivity index (χ4n) is 1.04. The summed E-state index contributed by atoms with van der Waals surface area (Å²) in [6.07, 6.45) is 4.60. The molecule has 0 spiro atoms. The van der Waals surface area contributed by atoms with Crippen molar-refractivity contribution in [3.05, 3.63) is 29.6 Å². The van der Waals surface area contributed by atoms with Crippen molar-refractivity contribution < 1.29 is 13.9 Å². The van der Waals surface area contributed by atoms with E-state index >= 15 is 0 Å². The fraction of sp³-hybridized carbons (Fsp3) is 0.250. The smallest absolute Gasteiger partial charge is 0.165 e. The molecule has 1 rings (SSSR count). The van der Waals surface area contributed by atoms with Crippen molar-refractivity contribution in [2.45, 2.75) is 20.0 Å². The number of carbonyl (C=O) groups is 1. The van der Waals surface area contributed by atoms with Crippen molar-refractivity contribution in [1.82, 2.24) is 0 Å². The van der Waals surface area contributed by atoms with Crippen molar-refractivity contribution in [2.75, 3.05) is 0 Å². The van der Waals surface area contributed by atoms with Crippen LogP contribution in [-0.2, 0) is 0 Å². The lowest BCUT2D eigenvalue weighted by Crippen LogP contribution is -2.09. The molecule has 3 heteroatoms. The molecule has 1 aromatic carbocycles. The normalized spacial score (nSPS) is 11.6. The van der Waals surface area contributed by atoms with E-state index in [1.54, 1.807) is 6.92 Å². The van der Waals surface area contributed by atoms with Crippen LogP contribution in [0, 0.1) is 18.2 Å². The predicted octanol–water partition coefficient (Wildman–Crippen LogP) is 2.43. The van der Waals surface area contributed by atoms with Crippen LogP contribution in [0.4, 0.5) is 4.39 Å². The van der Waals surface area contributed by atoms with Gasteiger partial charge in [0.25, 0.3) is 0 Å². The molecule has 0 heterocycles. The summed E-state index contributed by atoms with van der Waals surface area (Å²) in [7, 11) is 0. The van der Waals surface area contributed by atoms with Crippen LogP contribution in [0.5, 0.6) is 5.75 Å². The molecule has 1 aromatic rings. The fourth-order valence-corrected chi connectivity index (χ4v) is 1.04. The van der Waals surface area contributed by atoms with Gasteiger partial charge in [-0.05, 0) is 32.0 Å². The van der Waals surface area contributed by atoms with Gasteiger partial charge in [0, 0.05) is 5.56 Å². The highest BCUT2D eigenvalue weighted by molar-refractivity contribution is 5.94. The van der Waals surface area contributed by atoms with E-state index in [9.17, 15) is 9.18 Å². The van der Waals surface area contributed by atoms with Crippen molar-refractivity contribution >= 4 is 5.78 Å². The Morgan fingerprint density at radius 3 is 2.73 bits per heavy atom. The van der Waals surface area contributed by atoms with E-state index in [0.717, 1.165) is 6.07 Å². The van der Waals surface area contributed by atoms with Gasteiger partial charge < -0.3 is 4.74 Å². The molecule has 0 amide bonds. The average molecular weight is 206 g/mol. The summed E-state index contributed by atoms with van der Waals surface area (Å²) in [5.41, 5.74) is 0.313. The van der Waals surface area contributed by atoms with Gasteiger partial charge in [-0.25, -0.2) is 4.39 Å². The Balaban J connectivity index is 2.94. The predicted molar refractivity (Wildman–Crippen MR) is 55.3 cm³/mol. The van der Waals surface area contributed by atoms with Gasteiger partial charge in [0.05, 0.1) is 0 Å². The van der Waals surface area contributed by atoms with Crippen molar-refractivity contribution in [2.24, 2.45) is 0 Å². The molecule has 1 unspecified atom stereocenters. The highest BCUT2D eigenvalue weighted by atomic mass is 19.1. The molecule has 15 heavy (non-hydrogen) atoms. The molecule has 1 atom stereocenters. The topological polar surface area (TPSA) is 26.3 Å². The molecule has 0 aliphatic rings. The molecule has 0 fully saturated rings. The number of ether oxygens (including phenoxy) is 1. The molecule has 0 saturated carbocycles. The van der Waals surface area contributed by atoms with E-state index in [-0.39, 0.29) is 11.5 Å². The summed E-state index contributed by atoms with van der Waals surface area (Å²) in [6, 6.07) is 4.05. The van der Waals surface area contributed by atoms with Gasteiger partial charge >= 0.3 is 0 Å². The molecule has 0 aliphatic heterocycles. The summed E-state index contributed by atoms with van der Waals surface area (Å²) >= 11 is 0. The lowest BCUT2D eigenvalue weighted by molar-refractivity contribution is 0.101.